The quantitative estimate of drug-likeness (QED) is 0.800. The van der Waals surface area contributed by atoms with Crippen molar-refractivity contribution in [3.05, 3.63) is 54.0 Å². The molecule has 0 bridgehead atoms. The van der Waals surface area contributed by atoms with Crippen LogP contribution >= 0.6 is 0 Å². The van der Waals surface area contributed by atoms with Crippen LogP contribution in [0.4, 0.5) is 0 Å². The lowest BCUT2D eigenvalue weighted by Gasteiger charge is -2.06. The number of rotatable bonds is 5. The normalized spacial score (nSPS) is 12.4. The molecular weight excluding hydrogens is 354 g/mol. The standard InChI is InChI=1S/C15H15NO6S2/c1-11-6-7-12(22-11)8-9-15(17)16-24(20,21)14-5-3-4-13(10-14)23(2,18)19/h3-10H,1-2H3,(H,16,17). The molecule has 0 fully saturated rings. The number of hydrogen-bond acceptors (Lipinski definition) is 6. The number of furan rings is 1. The molecule has 0 unspecified atom stereocenters. The first kappa shape index (κ1) is 18.0. The second-order valence-electron chi connectivity index (χ2n) is 5.00. The molecule has 24 heavy (non-hydrogen) atoms. The molecule has 2 rings (SSSR count). The summed E-state index contributed by atoms with van der Waals surface area (Å²) in [6.07, 6.45) is 3.30. The van der Waals surface area contributed by atoms with Gasteiger partial charge in [-0.15, -0.1) is 0 Å². The lowest BCUT2D eigenvalue weighted by Crippen LogP contribution is -2.29. The number of carbonyl (C=O) groups excluding carboxylic acids is 1. The lowest BCUT2D eigenvalue weighted by atomic mass is 10.4. The Kier molecular flexibility index (Phi) is 4.95. The van der Waals surface area contributed by atoms with Gasteiger partial charge in [-0.3, -0.25) is 4.79 Å². The Balaban J connectivity index is 2.19. The molecule has 1 N–H and O–H groups in total. The number of aryl methyl sites for hydroxylation is 1. The molecule has 0 atom stereocenters. The highest BCUT2D eigenvalue weighted by Gasteiger charge is 2.18. The van der Waals surface area contributed by atoms with Gasteiger partial charge in [0.05, 0.1) is 9.79 Å². The van der Waals surface area contributed by atoms with Gasteiger partial charge in [-0.2, -0.15) is 0 Å². The van der Waals surface area contributed by atoms with Crippen LogP contribution in [0.2, 0.25) is 0 Å². The van der Waals surface area contributed by atoms with E-state index in [0.717, 1.165) is 18.4 Å². The first-order valence-electron chi connectivity index (χ1n) is 6.69. The third-order valence-electron chi connectivity index (χ3n) is 2.94. The summed E-state index contributed by atoms with van der Waals surface area (Å²) in [4.78, 5) is 11.3. The van der Waals surface area contributed by atoms with Crippen molar-refractivity contribution >= 4 is 31.8 Å². The summed E-state index contributed by atoms with van der Waals surface area (Å²) < 4.78 is 54.3. The van der Waals surface area contributed by atoms with Gasteiger partial charge in [-0.25, -0.2) is 21.6 Å². The number of hydrogen-bond donors (Lipinski definition) is 1. The summed E-state index contributed by atoms with van der Waals surface area (Å²) in [5.41, 5.74) is 0. The van der Waals surface area contributed by atoms with Crippen LogP contribution in [0.3, 0.4) is 0 Å². The summed E-state index contributed by atoms with van der Waals surface area (Å²) in [6.45, 7) is 1.73. The Morgan fingerprint density at radius 1 is 1.08 bits per heavy atom. The highest BCUT2D eigenvalue weighted by Crippen LogP contribution is 2.15. The molecule has 0 spiro atoms. The van der Waals surface area contributed by atoms with E-state index in [4.69, 9.17) is 4.42 Å². The Bertz CT molecular complexity index is 1000. The Morgan fingerprint density at radius 2 is 1.75 bits per heavy atom. The monoisotopic (exact) mass is 369 g/mol. The number of benzene rings is 1. The maximum Gasteiger partial charge on any atom is 0.264 e. The molecule has 0 aliphatic heterocycles. The number of carbonyl (C=O) groups is 1. The van der Waals surface area contributed by atoms with E-state index in [9.17, 15) is 21.6 Å². The molecule has 7 nitrogen and oxygen atoms in total. The summed E-state index contributed by atoms with van der Waals surface area (Å²) in [7, 11) is -7.75. The van der Waals surface area contributed by atoms with Gasteiger partial charge in [-0.1, -0.05) is 6.07 Å². The van der Waals surface area contributed by atoms with Crippen LogP contribution in [0.25, 0.3) is 6.08 Å². The molecule has 0 saturated heterocycles. The van der Waals surface area contributed by atoms with Crippen LogP contribution in [0.5, 0.6) is 0 Å². The predicted octanol–water partition coefficient (Wildman–Crippen LogP) is 1.51. The van der Waals surface area contributed by atoms with Gasteiger partial charge in [0.25, 0.3) is 15.9 Å². The molecule has 9 heteroatoms. The molecule has 128 valence electrons. The molecule has 0 aliphatic carbocycles. The highest BCUT2D eigenvalue weighted by atomic mass is 32.2. The maximum atomic E-state index is 12.2. The van der Waals surface area contributed by atoms with Crippen LogP contribution in [-0.2, 0) is 24.7 Å². The average molecular weight is 369 g/mol. The second-order valence-corrected chi connectivity index (χ2v) is 8.70. The van der Waals surface area contributed by atoms with Crippen molar-refractivity contribution in [2.45, 2.75) is 16.7 Å². The minimum Gasteiger partial charge on any atom is -0.462 e. The molecule has 0 aliphatic rings. The van der Waals surface area contributed by atoms with E-state index < -0.39 is 25.8 Å². The molecule has 0 radical (unpaired) electrons. The van der Waals surface area contributed by atoms with E-state index in [1.807, 2.05) is 4.72 Å². The summed E-state index contributed by atoms with van der Waals surface area (Å²) in [6, 6.07) is 8.08. The van der Waals surface area contributed by atoms with Gasteiger partial charge in [0, 0.05) is 12.3 Å². The SMILES string of the molecule is Cc1ccc(C=CC(=O)NS(=O)(=O)c2cccc(S(C)(=O)=O)c2)o1. The van der Waals surface area contributed by atoms with Crippen molar-refractivity contribution in [1.29, 1.82) is 0 Å². The predicted molar refractivity (Wildman–Crippen MR) is 87.4 cm³/mol. The van der Waals surface area contributed by atoms with Gasteiger partial charge >= 0.3 is 0 Å². The van der Waals surface area contributed by atoms with E-state index in [1.165, 1.54) is 24.3 Å². The fraction of sp³-hybridized carbons (Fsp3) is 0.133. The van der Waals surface area contributed by atoms with E-state index in [1.54, 1.807) is 19.1 Å². The zero-order chi connectivity index (χ0) is 18.0. The largest absolute Gasteiger partial charge is 0.462 e. The zero-order valence-corrected chi connectivity index (χ0v) is 14.5. The van der Waals surface area contributed by atoms with Gasteiger partial charge in [0.1, 0.15) is 11.5 Å². The van der Waals surface area contributed by atoms with Crippen LogP contribution in [0.15, 0.2) is 56.7 Å². The number of nitrogens with one attached hydrogen (secondary N) is 1. The van der Waals surface area contributed by atoms with Gasteiger partial charge in [-0.05, 0) is 43.3 Å². The average Bonchev–Trinajstić information content (AvgIpc) is 2.90. The number of sulfone groups is 1. The van der Waals surface area contributed by atoms with E-state index in [2.05, 4.69) is 0 Å². The molecule has 2 aromatic rings. The first-order valence-corrected chi connectivity index (χ1v) is 10.1. The van der Waals surface area contributed by atoms with Crippen molar-refractivity contribution in [3.63, 3.8) is 0 Å². The molecule has 1 aromatic carbocycles. The van der Waals surface area contributed by atoms with Crippen molar-refractivity contribution in [2.24, 2.45) is 0 Å². The Hall–Kier alpha value is -2.39. The van der Waals surface area contributed by atoms with E-state index in [-0.39, 0.29) is 9.79 Å². The van der Waals surface area contributed by atoms with Crippen molar-refractivity contribution in [3.8, 4) is 0 Å². The van der Waals surface area contributed by atoms with Crippen molar-refractivity contribution in [2.75, 3.05) is 6.26 Å². The lowest BCUT2D eigenvalue weighted by molar-refractivity contribution is -0.114. The minimum absolute atomic E-state index is 0.153. The molecule has 1 amide bonds. The maximum absolute atomic E-state index is 12.2. The fourth-order valence-corrected chi connectivity index (χ4v) is 3.53. The van der Waals surface area contributed by atoms with Crippen LogP contribution in [0, 0.1) is 6.92 Å². The first-order chi connectivity index (χ1) is 11.1. The fourth-order valence-electron chi connectivity index (χ4n) is 1.80. The van der Waals surface area contributed by atoms with Crippen LogP contribution in [0.1, 0.15) is 11.5 Å². The Morgan fingerprint density at radius 3 is 2.33 bits per heavy atom. The van der Waals surface area contributed by atoms with Gasteiger partial charge < -0.3 is 4.42 Å². The summed E-state index contributed by atoms with van der Waals surface area (Å²) in [5.74, 6) is 0.174. The molecule has 1 heterocycles. The third kappa shape index (κ3) is 4.56. The van der Waals surface area contributed by atoms with E-state index >= 15 is 0 Å². The smallest absolute Gasteiger partial charge is 0.264 e. The van der Waals surface area contributed by atoms with Crippen LogP contribution < -0.4 is 4.72 Å². The topological polar surface area (TPSA) is 111 Å². The third-order valence-corrected chi connectivity index (χ3v) is 5.39. The van der Waals surface area contributed by atoms with Crippen molar-refractivity contribution < 1.29 is 26.0 Å². The minimum atomic E-state index is -4.19. The van der Waals surface area contributed by atoms with Gasteiger partial charge in [0.15, 0.2) is 9.84 Å². The summed E-state index contributed by atoms with van der Waals surface area (Å²) in [5, 5.41) is 0. The number of sulfonamides is 1. The molecule has 1 aromatic heterocycles. The summed E-state index contributed by atoms with van der Waals surface area (Å²) >= 11 is 0. The second kappa shape index (κ2) is 6.62. The highest BCUT2D eigenvalue weighted by molar-refractivity contribution is 7.91. The van der Waals surface area contributed by atoms with Crippen molar-refractivity contribution in [1.82, 2.24) is 4.72 Å². The zero-order valence-electron chi connectivity index (χ0n) is 12.9. The number of amides is 1. The van der Waals surface area contributed by atoms with Gasteiger partial charge in [0.2, 0.25) is 0 Å². The molecule has 0 saturated carbocycles. The van der Waals surface area contributed by atoms with Crippen LogP contribution in [-0.4, -0.2) is 29.0 Å². The van der Waals surface area contributed by atoms with E-state index in [0.29, 0.717) is 11.5 Å². The Labute approximate surface area is 140 Å². The molecular formula is C15H15NO6S2.